The lowest BCUT2D eigenvalue weighted by atomic mass is 10.1. The first-order valence-electron chi connectivity index (χ1n) is 14.5. The van der Waals surface area contributed by atoms with Crippen molar-refractivity contribution >= 4 is 17.3 Å². The van der Waals surface area contributed by atoms with E-state index in [1.165, 1.54) is 34.9 Å². The summed E-state index contributed by atoms with van der Waals surface area (Å²) in [5, 5.41) is 11.2. The van der Waals surface area contributed by atoms with Crippen LogP contribution in [0.3, 0.4) is 0 Å². The fraction of sp³-hybridized carbons (Fsp3) is 0.281. The number of hydrogen-bond donors (Lipinski definition) is 1. The minimum absolute atomic E-state index is 0.0548. The largest absolute Gasteiger partial charge is 0.416 e. The predicted octanol–water partition coefficient (Wildman–Crippen LogP) is 3.98. The average molecular weight is 655 g/mol. The first kappa shape index (κ1) is 33.1. The number of piperazine rings is 1. The number of rotatable bonds is 9. The summed E-state index contributed by atoms with van der Waals surface area (Å²) >= 11 is 0. The van der Waals surface area contributed by atoms with E-state index in [1.807, 2.05) is 0 Å². The van der Waals surface area contributed by atoms with E-state index in [4.69, 9.17) is 5.73 Å². The number of amides is 1. The van der Waals surface area contributed by atoms with Gasteiger partial charge in [0.1, 0.15) is 11.5 Å². The fourth-order valence-corrected chi connectivity index (χ4v) is 5.70. The summed E-state index contributed by atoms with van der Waals surface area (Å²) < 4.78 is 58.3. The number of anilines is 1. The Balaban J connectivity index is 1.55. The third kappa shape index (κ3) is 6.94. The number of nitrogens with two attached hydrogens (primary N) is 1. The molecule has 2 heterocycles. The van der Waals surface area contributed by atoms with Crippen LogP contribution >= 0.6 is 0 Å². The molecule has 11 nitrogen and oxygen atoms in total. The second kappa shape index (κ2) is 13.2. The van der Waals surface area contributed by atoms with Crippen LogP contribution in [0.15, 0.2) is 82.4 Å². The van der Waals surface area contributed by atoms with Gasteiger partial charge < -0.3 is 15.5 Å². The normalized spacial score (nSPS) is 14.4. The van der Waals surface area contributed by atoms with Gasteiger partial charge in [-0.3, -0.25) is 28.8 Å². The highest BCUT2D eigenvalue weighted by Crippen LogP contribution is 2.33. The molecule has 0 radical (unpaired) electrons. The van der Waals surface area contributed by atoms with Crippen LogP contribution in [0, 0.1) is 22.9 Å². The highest BCUT2D eigenvalue weighted by atomic mass is 19.4. The Morgan fingerprint density at radius 1 is 0.936 bits per heavy atom. The maximum atomic E-state index is 14.9. The number of nitro groups is 1. The standard InChI is InChI=1S/C32H30F4N6O5/c1-20-29(39-14-13-38(28(43)19-39)16-21-7-5-10-23(15-21)42(46)47)30(44)41(18-27(37)22-8-3-2-4-9-22)31(45)40(20)17-24-25(32(34,35)36)11-6-12-26(24)33/h2-12,15,27H,13-14,16-19,37H2,1H3/t27-/m0/s1. The molecule has 0 spiro atoms. The second-order valence-corrected chi connectivity index (χ2v) is 11.2. The van der Waals surface area contributed by atoms with E-state index in [9.17, 15) is 42.1 Å². The highest BCUT2D eigenvalue weighted by molar-refractivity contribution is 5.83. The molecule has 1 aromatic heterocycles. The number of nitrogens with zero attached hydrogens (tertiary/aromatic N) is 5. The van der Waals surface area contributed by atoms with Crippen LogP contribution in [0.1, 0.15) is 34.0 Å². The molecule has 4 aromatic rings. The first-order valence-corrected chi connectivity index (χ1v) is 14.5. The van der Waals surface area contributed by atoms with E-state index in [0.717, 1.165) is 21.3 Å². The average Bonchev–Trinajstić information content (AvgIpc) is 3.03. The van der Waals surface area contributed by atoms with Gasteiger partial charge in [-0.2, -0.15) is 13.2 Å². The molecule has 0 aliphatic carbocycles. The maximum Gasteiger partial charge on any atom is 0.416 e. The van der Waals surface area contributed by atoms with Gasteiger partial charge in [0.05, 0.1) is 30.1 Å². The number of hydrogen-bond acceptors (Lipinski definition) is 7. The molecule has 1 fully saturated rings. The van der Waals surface area contributed by atoms with Crippen molar-refractivity contribution in [3.63, 3.8) is 0 Å². The smallest absolute Gasteiger partial charge is 0.355 e. The molecule has 1 atom stereocenters. The molecular formula is C32H30F4N6O5. The van der Waals surface area contributed by atoms with Crippen molar-refractivity contribution in [3.8, 4) is 0 Å². The SMILES string of the molecule is Cc1c(N2CCN(Cc3cccc([N+](=O)[O-])c3)C(=O)C2)c(=O)n(C[C@H](N)c2ccccc2)c(=O)n1Cc1c(F)cccc1C(F)(F)F. The fourth-order valence-electron chi connectivity index (χ4n) is 5.70. The lowest BCUT2D eigenvalue weighted by molar-refractivity contribution is -0.384. The van der Waals surface area contributed by atoms with E-state index < -0.39 is 57.8 Å². The van der Waals surface area contributed by atoms with Crippen LogP contribution in [0.25, 0.3) is 0 Å². The van der Waals surface area contributed by atoms with Gasteiger partial charge >= 0.3 is 11.9 Å². The second-order valence-electron chi connectivity index (χ2n) is 11.2. The Morgan fingerprint density at radius 3 is 2.30 bits per heavy atom. The van der Waals surface area contributed by atoms with Gasteiger partial charge in [0, 0.05) is 49.1 Å². The summed E-state index contributed by atoms with van der Waals surface area (Å²) in [5.41, 5.74) is 3.30. The van der Waals surface area contributed by atoms with E-state index in [2.05, 4.69) is 0 Å². The Morgan fingerprint density at radius 2 is 1.64 bits per heavy atom. The summed E-state index contributed by atoms with van der Waals surface area (Å²) in [6.07, 6.45) is -4.93. The van der Waals surface area contributed by atoms with Crippen molar-refractivity contribution in [3.05, 3.63) is 138 Å². The summed E-state index contributed by atoms with van der Waals surface area (Å²) in [6.45, 7) is 0.0766. The molecule has 1 amide bonds. The van der Waals surface area contributed by atoms with E-state index in [0.29, 0.717) is 17.2 Å². The molecule has 1 saturated heterocycles. The van der Waals surface area contributed by atoms with Crippen LogP contribution < -0.4 is 21.9 Å². The molecule has 3 aromatic carbocycles. The molecule has 0 unspecified atom stereocenters. The van der Waals surface area contributed by atoms with Crippen molar-refractivity contribution < 1.29 is 27.3 Å². The lowest BCUT2D eigenvalue weighted by Gasteiger charge is -2.36. The number of carbonyl (C=O) groups is 1. The number of alkyl halides is 3. The lowest BCUT2D eigenvalue weighted by Crippen LogP contribution is -2.53. The minimum Gasteiger partial charge on any atom is -0.355 e. The third-order valence-electron chi connectivity index (χ3n) is 8.13. The van der Waals surface area contributed by atoms with Crippen molar-refractivity contribution in [1.29, 1.82) is 0 Å². The Hall–Kier alpha value is -5.31. The van der Waals surface area contributed by atoms with Crippen molar-refractivity contribution in [1.82, 2.24) is 14.0 Å². The van der Waals surface area contributed by atoms with Crippen LogP contribution in [-0.4, -0.2) is 44.5 Å². The summed E-state index contributed by atoms with van der Waals surface area (Å²) in [4.78, 5) is 54.6. The van der Waals surface area contributed by atoms with Crippen LogP contribution in [0.4, 0.5) is 28.9 Å². The maximum absolute atomic E-state index is 14.9. The summed E-state index contributed by atoms with van der Waals surface area (Å²) in [7, 11) is 0. The molecule has 1 aliphatic rings. The number of nitro benzene ring substituents is 1. The van der Waals surface area contributed by atoms with Gasteiger partial charge in [-0.15, -0.1) is 0 Å². The number of carbonyl (C=O) groups excluding carboxylic acids is 1. The number of aromatic nitrogens is 2. The summed E-state index contributed by atoms with van der Waals surface area (Å²) in [5.74, 6) is -1.61. The zero-order chi connectivity index (χ0) is 34.0. The molecule has 1 aliphatic heterocycles. The molecule has 15 heteroatoms. The van der Waals surface area contributed by atoms with Gasteiger partial charge in [0.25, 0.3) is 11.2 Å². The summed E-state index contributed by atoms with van der Waals surface area (Å²) in [6, 6.07) is 16.0. The Bertz CT molecular complexity index is 1940. The van der Waals surface area contributed by atoms with Crippen molar-refractivity contribution in [2.24, 2.45) is 5.73 Å². The molecule has 0 bridgehead atoms. The molecule has 246 valence electrons. The predicted molar refractivity (Wildman–Crippen MR) is 164 cm³/mol. The van der Waals surface area contributed by atoms with Crippen molar-refractivity contribution in [2.45, 2.75) is 38.8 Å². The number of benzene rings is 3. The Labute approximate surface area is 265 Å². The topological polar surface area (TPSA) is 137 Å². The van der Waals surface area contributed by atoms with Gasteiger partial charge in [0.15, 0.2) is 0 Å². The quantitative estimate of drug-likeness (QED) is 0.164. The Kier molecular flexibility index (Phi) is 9.28. The van der Waals surface area contributed by atoms with Gasteiger partial charge in [-0.1, -0.05) is 48.5 Å². The molecular weight excluding hydrogens is 624 g/mol. The minimum atomic E-state index is -4.93. The number of non-ortho nitro benzene ring substituents is 1. The number of halogens is 4. The van der Waals surface area contributed by atoms with Gasteiger partial charge in [0.2, 0.25) is 5.91 Å². The van der Waals surface area contributed by atoms with Crippen LogP contribution in [0.2, 0.25) is 0 Å². The zero-order valence-electron chi connectivity index (χ0n) is 25.1. The molecule has 5 rings (SSSR count). The van der Waals surface area contributed by atoms with Gasteiger partial charge in [-0.05, 0) is 30.2 Å². The molecule has 0 saturated carbocycles. The van der Waals surface area contributed by atoms with E-state index in [-0.39, 0.29) is 49.8 Å². The monoisotopic (exact) mass is 654 g/mol. The van der Waals surface area contributed by atoms with Crippen LogP contribution in [-0.2, 0) is 30.6 Å². The van der Waals surface area contributed by atoms with Crippen molar-refractivity contribution in [2.75, 3.05) is 24.5 Å². The van der Waals surface area contributed by atoms with E-state index in [1.54, 1.807) is 36.4 Å². The third-order valence-corrected chi connectivity index (χ3v) is 8.13. The molecule has 2 N–H and O–H groups in total. The zero-order valence-corrected chi connectivity index (χ0v) is 25.1. The van der Waals surface area contributed by atoms with Crippen LogP contribution in [0.5, 0.6) is 0 Å². The highest BCUT2D eigenvalue weighted by Gasteiger charge is 2.35. The van der Waals surface area contributed by atoms with Gasteiger partial charge in [-0.25, -0.2) is 9.18 Å². The van der Waals surface area contributed by atoms with E-state index >= 15 is 0 Å². The molecule has 47 heavy (non-hydrogen) atoms. The first-order chi connectivity index (χ1) is 22.3.